The minimum atomic E-state index is -0.354. The molecule has 3 aromatic carbocycles. The molecular weight excluding hydrogens is 391 g/mol. The molecule has 1 aliphatic heterocycles. The van der Waals surface area contributed by atoms with Gasteiger partial charge >= 0.3 is 12.0 Å². The summed E-state index contributed by atoms with van der Waals surface area (Å²) in [6.07, 6.45) is 4.54. The smallest absolute Gasteiger partial charge is 0.337 e. The second-order valence-corrected chi connectivity index (χ2v) is 7.53. The highest BCUT2D eigenvalue weighted by molar-refractivity contribution is 6.42. The molecule has 0 radical (unpaired) electrons. The molecule has 0 fully saturated rings. The summed E-state index contributed by atoms with van der Waals surface area (Å²) in [4.78, 5) is 0. The second kappa shape index (κ2) is 7.83. The van der Waals surface area contributed by atoms with E-state index in [-0.39, 0.29) is 5.41 Å². The molecule has 2 nitrogen and oxygen atoms in total. The van der Waals surface area contributed by atoms with Crippen molar-refractivity contribution < 1.29 is 9.16 Å². The predicted octanol–water partition coefficient (Wildman–Crippen LogP) is 6.62. The van der Waals surface area contributed by atoms with Crippen LogP contribution in [0.4, 0.5) is 0 Å². The molecule has 4 heteroatoms. The van der Waals surface area contributed by atoms with Gasteiger partial charge in [-0.15, -0.1) is 0 Å². The molecule has 1 unspecified atom stereocenters. The Morgan fingerprint density at radius 3 is 2.25 bits per heavy atom. The van der Waals surface area contributed by atoms with Crippen LogP contribution in [-0.4, -0.2) is 12.9 Å². The van der Waals surface area contributed by atoms with Crippen LogP contribution in [-0.2, 0) is 5.41 Å². The van der Waals surface area contributed by atoms with Crippen LogP contribution in [0.5, 0.6) is 5.75 Å². The molecule has 3 aromatic rings. The van der Waals surface area contributed by atoms with E-state index in [9.17, 15) is 0 Å². The minimum absolute atomic E-state index is 0.354. The van der Waals surface area contributed by atoms with Crippen molar-refractivity contribution in [3.63, 3.8) is 0 Å². The highest BCUT2D eigenvalue weighted by atomic mass is 35.5. The number of methoxy groups -OCH3 is 1. The zero-order valence-electron chi connectivity index (χ0n) is 15.4. The van der Waals surface area contributed by atoms with Crippen LogP contribution in [0.15, 0.2) is 85.1 Å². The Hall–Kier alpha value is -2.55. The molecular formula is C24H19Cl2O2+. The Morgan fingerprint density at radius 1 is 0.857 bits per heavy atom. The van der Waals surface area contributed by atoms with Crippen molar-refractivity contribution in [1.82, 2.24) is 0 Å². The number of allylic oxidation sites excluding steroid dienone is 1. The largest absolute Gasteiger partial charge is 0.497 e. The fraction of sp³-hybridized carbons (Fsp3) is 0.125. The Labute approximate surface area is 174 Å². The number of hydrogen-bond acceptors (Lipinski definition) is 1. The number of hydrogen-bond donors (Lipinski definition) is 0. The van der Waals surface area contributed by atoms with E-state index < -0.39 is 0 Å². The number of ketones is 1. The van der Waals surface area contributed by atoms with Crippen LogP contribution in [0, 0.1) is 0 Å². The van der Waals surface area contributed by atoms with E-state index in [1.54, 1.807) is 19.4 Å². The van der Waals surface area contributed by atoms with Gasteiger partial charge in [0.05, 0.1) is 34.6 Å². The van der Waals surface area contributed by atoms with E-state index in [1.807, 2.05) is 30.3 Å². The second-order valence-electron chi connectivity index (χ2n) is 6.72. The van der Waals surface area contributed by atoms with Gasteiger partial charge in [0.25, 0.3) is 0 Å². The molecule has 0 aliphatic carbocycles. The first-order chi connectivity index (χ1) is 13.6. The maximum absolute atomic E-state index is 6.24. The Balaban J connectivity index is 1.82. The lowest BCUT2D eigenvalue weighted by atomic mass is 9.70. The van der Waals surface area contributed by atoms with E-state index in [0.29, 0.717) is 16.5 Å². The Bertz CT molecular complexity index is 1040. The molecule has 140 valence electrons. The van der Waals surface area contributed by atoms with Gasteiger partial charge in [-0.3, -0.25) is 0 Å². The van der Waals surface area contributed by atoms with Gasteiger partial charge in [0.1, 0.15) is 5.75 Å². The van der Waals surface area contributed by atoms with Gasteiger partial charge in [0, 0.05) is 6.08 Å². The molecule has 0 amide bonds. The van der Waals surface area contributed by atoms with Crippen molar-refractivity contribution in [2.24, 2.45) is 0 Å². The molecule has 0 saturated heterocycles. The molecule has 0 N–H and O–H groups in total. The molecule has 0 saturated carbocycles. The molecule has 28 heavy (non-hydrogen) atoms. The monoisotopic (exact) mass is 409 g/mol. The third-order valence-corrected chi connectivity index (χ3v) is 5.88. The number of benzene rings is 3. The molecule has 1 aliphatic rings. The average molecular weight is 410 g/mol. The molecule has 1 heterocycles. The molecule has 1 atom stereocenters. The first-order valence-electron chi connectivity index (χ1n) is 8.98. The van der Waals surface area contributed by atoms with Crippen LogP contribution in [0.2, 0.25) is 10.0 Å². The Kier molecular flexibility index (Phi) is 5.25. The van der Waals surface area contributed by atoms with Gasteiger partial charge in [-0.25, -0.2) is 4.42 Å². The topological polar surface area (TPSA) is 20.5 Å². The van der Waals surface area contributed by atoms with Crippen LogP contribution < -0.4 is 4.74 Å². The highest BCUT2D eigenvalue weighted by Crippen LogP contribution is 2.41. The third-order valence-electron chi connectivity index (χ3n) is 5.14. The number of ether oxygens (including phenoxy) is 1. The van der Waals surface area contributed by atoms with E-state index in [4.69, 9.17) is 32.4 Å². The van der Waals surface area contributed by atoms with Crippen molar-refractivity contribution in [3.05, 3.63) is 112 Å². The lowest BCUT2D eigenvalue weighted by Gasteiger charge is -2.30. The third kappa shape index (κ3) is 3.46. The summed E-state index contributed by atoms with van der Waals surface area (Å²) in [6.45, 7) is 0. The summed E-state index contributed by atoms with van der Waals surface area (Å²) in [5, 5.41) is 1.04. The van der Waals surface area contributed by atoms with Gasteiger partial charge in [-0.05, 0) is 41.5 Å². The molecule has 0 bridgehead atoms. The molecule has 0 spiro atoms. The normalized spacial score (nSPS) is 18.6. The van der Waals surface area contributed by atoms with Crippen molar-refractivity contribution in [1.29, 1.82) is 0 Å². The van der Waals surface area contributed by atoms with Crippen molar-refractivity contribution in [2.75, 3.05) is 7.11 Å². The lowest BCUT2D eigenvalue weighted by molar-refractivity contribution is -0.179. The van der Waals surface area contributed by atoms with Crippen LogP contribution in [0.3, 0.4) is 0 Å². The zero-order chi connectivity index (χ0) is 19.6. The maximum Gasteiger partial charge on any atom is 0.337 e. The summed E-state index contributed by atoms with van der Waals surface area (Å²) in [5.41, 5.74) is 2.93. The van der Waals surface area contributed by atoms with Gasteiger partial charge < -0.3 is 4.74 Å². The van der Waals surface area contributed by atoms with Gasteiger partial charge in [0.2, 0.25) is 0 Å². The molecule has 4 rings (SSSR count). The van der Waals surface area contributed by atoms with Gasteiger partial charge in [-0.1, -0.05) is 65.7 Å². The van der Waals surface area contributed by atoms with Gasteiger partial charge in [0.15, 0.2) is 0 Å². The predicted molar refractivity (Wildman–Crippen MR) is 115 cm³/mol. The quantitative estimate of drug-likeness (QED) is 0.443. The molecule has 0 aromatic heterocycles. The minimum Gasteiger partial charge on any atom is -0.497 e. The van der Waals surface area contributed by atoms with Crippen LogP contribution >= 0.6 is 23.2 Å². The average Bonchev–Trinajstić information content (AvgIpc) is 2.76. The first-order valence-corrected chi connectivity index (χ1v) is 9.74. The maximum atomic E-state index is 6.24. The lowest BCUT2D eigenvalue weighted by Crippen LogP contribution is -2.31. The summed E-state index contributed by atoms with van der Waals surface area (Å²) < 4.78 is 11.2. The first kappa shape index (κ1) is 18.8. The zero-order valence-corrected chi connectivity index (χ0v) is 16.9. The highest BCUT2D eigenvalue weighted by Gasteiger charge is 2.41. The summed E-state index contributed by atoms with van der Waals surface area (Å²) in [6, 6.07) is 24.2. The summed E-state index contributed by atoms with van der Waals surface area (Å²) in [7, 11) is 1.67. The van der Waals surface area contributed by atoms with Crippen molar-refractivity contribution >= 4 is 29.0 Å². The van der Waals surface area contributed by atoms with E-state index in [2.05, 4.69) is 42.5 Å². The van der Waals surface area contributed by atoms with Crippen molar-refractivity contribution in [2.45, 2.75) is 11.8 Å². The van der Waals surface area contributed by atoms with E-state index in [0.717, 1.165) is 22.7 Å². The fourth-order valence-electron chi connectivity index (χ4n) is 3.61. The summed E-state index contributed by atoms with van der Waals surface area (Å²) >= 11 is 12.3. The van der Waals surface area contributed by atoms with Crippen LogP contribution in [0.25, 0.3) is 0 Å². The number of carbonyl (C=O) groups excluding carboxylic acids is 1. The fourth-order valence-corrected chi connectivity index (χ4v) is 3.91. The SMILES string of the molecule is COc1ccc(C2(c3ccccc3)C=C[O+]=C(c3ccc(Cl)c(Cl)c3)C2)cc1. The van der Waals surface area contributed by atoms with E-state index in [1.165, 1.54) is 5.56 Å². The van der Waals surface area contributed by atoms with E-state index >= 15 is 0 Å². The Morgan fingerprint density at radius 2 is 1.57 bits per heavy atom. The number of halogens is 2. The number of rotatable bonds is 4. The van der Waals surface area contributed by atoms with Crippen molar-refractivity contribution in [3.8, 4) is 5.75 Å². The van der Waals surface area contributed by atoms with Crippen LogP contribution in [0.1, 0.15) is 27.5 Å². The van der Waals surface area contributed by atoms with Gasteiger partial charge in [-0.2, -0.15) is 0 Å². The standard InChI is InChI=1S/C24H19Cl2O2/c1-27-20-10-8-19(9-11-20)24(18-5-3-2-4-6-18)13-14-28-23(16-24)17-7-12-21(25)22(26)15-17/h2-15H,16H2,1H3/q+1. The summed E-state index contributed by atoms with van der Waals surface area (Å²) in [5.74, 6) is 1.68.